The van der Waals surface area contributed by atoms with Crippen LogP contribution >= 0.6 is 0 Å². The minimum absolute atomic E-state index is 0.0433. The van der Waals surface area contributed by atoms with E-state index < -0.39 is 0 Å². The highest BCUT2D eigenvalue weighted by atomic mass is 15.2. The molecule has 0 atom stereocenters. The second-order valence-corrected chi connectivity index (χ2v) is 15.6. The van der Waals surface area contributed by atoms with Crippen molar-refractivity contribution < 1.29 is 0 Å². The summed E-state index contributed by atoms with van der Waals surface area (Å²) < 4.78 is 4.69. The van der Waals surface area contributed by atoms with Crippen molar-refractivity contribution in [1.29, 1.82) is 0 Å². The normalized spacial score (nSPS) is 13.8. The fourth-order valence-corrected chi connectivity index (χ4v) is 10.0. The van der Waals surface area contributed by atoms with Crippen molar-refractivity contribution in [2.45, 2.75) is 19.3 Å². The Morgan fingerprint density at radius 1 is 0.400 bits per heavy atom. The molecule has 9 aromatic carbocycles. The summed E-state index contributed by atoms with van der Waals surface area (Å²) in [6, 6.07) is 54.6. The first-order valence-corrected chi connectivity index (χ1v) is 19.0. The third-order valence-electron chi connectivity index (χ3n) is 12.5. The Hall–Kier alpha value is -7.11. The summed E-state index contributed by atoms with van der Waals surface area (Å²) >= 11 is 0. The molecule has 0 radical (unpaired) electrons. The summed E-state index contributed by atoms with van der Waals surface area (Å²) in [5.41, 5.74) is 10.4. The Morgan fingerprint density at radius 2 is 0.909 bits per heavy atom. The van der Waals surface area contributed by atoms with Crippen LogP contribution in [-0.2, 0) is 5.41 Å². The van der Waals surface area contributed by atoms with Crippen molar-refractivity contribution >= 4 is 75.9 Å². The highest BCUT2D eigenvalue weighted by Gasteiger charge is 2.37. The first-order valence-electron chi connectivity index (χ1n) is 19.0. The molecular formula is C50H31N5. The van der Waals surface area contributed by atoms with Gasteiger partial charge in [0.25, 0.3) is 0 Å². The predicted molar refractivity (Wildman–Crippen MR) is 226 cm³/mol. The molecule has 3 aromatic heterocycles. The average molecular weight is 702 g/mol. The van der Waals surface area contributed by atoms with E-state index in [4.69, 9.17) is 15.0 Å². The maximum absolute atomic E-state index is 5.15. The molecule has 0 spiro atoms. The van der Waals surface area contributed by atoms with Gasteiger partial charge >= 0.3 is 0 Å². The van der Waals surface area contributed by atoms with E-state index in [-0.39, 0.29) is 5.41 Å². The van der Waals surface area contributed by atoms with Crippen molar-refractivity contribution in [2.24, 2.45) is 0 Å². The molecule has 0 fully saturated rings. The molecule has 0 unspecified atom stereocenters. The van der Waals surface area contributed by atoms with Gasteiger partial charge in [0.1, 0.15) is 0 Å². The topological polar surface area (TPSA) is 48.5 Å². The number of rotatable bonds is 4. The van der Waals surface area contributed by atoms with Gasteiger partial charge in [-0.15, -0.1) is 0 Å². The molecule has 1 aliphatic rings. The SMILES string of the molecule is CC1(C)c2ccc3ccc4c5c3c2c2c1ccc1ccc(c5c12)n4-c1ccc2c(c1)c1ccccc1n2-c1nc(-c2ccccc2)nc(-c2ccccc2)n1. The summed E-state index contributed by atoms with van der Waals surface area (Å²) in [7, 11) is 0. The molecule has 12 aromatic rings. The number of hydrogen-bond donors (Lipinski definition) is 0. The predicted octanol–water partition coefficient (Wildman–Crippen LogP) is 12.4. The fraction of sp³-hybridized carbons (Fsp3) is 0.0600. The molecule has 13 rings (SSSR count). The second-order valence-electron chi connectivity index (χ2n) is 15.6. The van der Waals surface area contributed by atoms with Crippen LogP contribution in [0.25, 0.3) is 110 Å². The first kappa shape index (κ1) is 29.4. The monoisotopic (exact) mass is 701 g/mol. The third-order valence-corrected chi connectivity index (χ3v) is 12.5. The van der Waals surface area contributed by atoms with Gasteiger partial charge in [-0.25, -0.2) is 4.98 Å². The summed E-state index contributed by atoms with van der Waals surface area (Å²) in [5, 5.41) is 13.3. The van der Waals surface area contributed by atoms with E-state index in [1.54, 1.807) is 0 Å². The van der Waals surface area contributed by atoms with Gasteiger partial charge in [-0.05, 0) is 79.8 Å². The van der Waals surface area contributed by atoms with E-state index in [9.17, 15) is 0 Å². The van der Waals surface area contributed by atoms with Gasteiger partial charge in [0.15, 0.2) is 11.6 Å². The van der Waals surface area contributed by atoms with Gasteiger partial charge in [-0.2, -0.15) is 9.97 Å². The molecule has 0 saturated heterocycles. The molecule has 0 aliphatic heterocycles. The lowest BCUT2D eigenvalue weighted by Gasteiger charge is -2.22. The smallest absolute Gasteiger partial charge is 0.238 e. The molecule has 5 nitrogen and oxygen atoms in total. The second kappa shape index (κ2) is 10.1. The summed E-state index contributed by atoms with van der Waals surface area (Å²) in [4.78, 5) is 15.3. The van der Waals surface area contributed by atoms with Gasteiger partial charge in [0, 0.05) is 43.8 Å². The Morgan fingerprint density at radius 3 is 1.51 bits per heavy atom. The summed E-state index contributed by atoms with van der Waals surface area (Å²) in [5.74, 6) is 1.88. The van der Waals surface area contributed by atoms with Crippen LogP contribution in [0.3, 0.4) is 0 Å². The van der Waals surface area contributed by atoms with E-state index in [2.05, 4.69) is 138 Å². The highest BCUT2D eigenvalue weighted by Crippen LogP contribution is 2.56. The van der Waals surface area contributed by atoms with E-state index in [1.165, 1.54) is 65.3 Å². The van der Waals surface area contributed by atoms with Crippen LogP contribution in [0.2, 0.25) is 0 Å². The van der Waals surface area contributed by atoms with Crippen LogP contribution in [0, 0.1) is 0 Å². The van der Waals surface area contributed by atoms with Crippen molar-refractivity contribution in [1.82, 2.24) is 24.1 Å². The summed E-state index contributed by atoms with van der Waals surface area (Å²) in [6.07, 6.45) is 0. The maximum Gasteiger partial charge on any atom is 0.238 e. The molecule has 3 heterocycles. The molecule has 0 amide bonds. The zero-order chi connectivity index (χ0) is 36.2. The Balaban J connectivity index is 1.10. The van der Waals surface area contributed by atoms with Crippen molar-refractivity contribution in [2.75, 3.05) is 0 Å². The number of hydrogen-bond acceptors (Lipinski definition) is 3. The minimum Gasteiger partial charge on any atom is -0.309 e. The lowest BCUT2D eigenvalue weighted by molar-refractivity contribution is 0.663. The van der Waals surface area contributed by atoms with Gasteiger partial charge in [-0.3, -0.25) is 4.57 Å². The highest BCUT2D eigenvalue weighted by molar-refractivity contribution is 6.42. The van der Waals surface area contributed by atoms with Gasteiger partial charge in [-0.1, -0.05) is 129 Å². The molecule has 5 heteroatoms. The quantitative estimate of drug-likeness (QED) is 0.136. The van der Waals surface area contributed by atoms with Crippen molar-refractivity contribution in [3.63, 3.8) is 0 Å². The summed E-state index contributed by atoms with van der Waals surface area (Å²) in [6.45, 7) is 4.78. The molecule has 1 aliphatic carbocycles. The number of para-hydroxylation sites is 1. The molecule has 256 valence electrons. The van der Waals surface area contributed by atoms with Crippen LogP contribution < -0.4 is 0 Å². The average Bonchev–Trinajstić information content (AvgIpc) is 3.84. The number of aromatic nitrogens is 5. The molecule has 0 bridgehead atoms. The fourth-order valence-electron chi connectivity index (χ4n) is 10.0. The van der Waals surface area contributed by atoms with E-state index in [0.29, 0.717) is 17.6 Å². The molecule has 55 heavy (non-hydrogen) atoms. The van der Waals surface area contributed by atoms with Crippen LogP contribution in [-0.4, -0.2) is 24.1 Å². The van der Waals surface area contributed by atoms with Gasteiger partial charge in [0.2, 0.25) is 5.95 Å². The largest absolute Gasteiger partial charge is 0.309 e. The zero-order valence-corrected chi connectivity index (χ0v) is 30.2. The Labute approximate surface area is 315 Å². The Bertz CT molecular complexity index is 3390. The molecule has 0 saturated carbocycles. The lowest BCUT2D eigenvalue weighted by Crippen LogP contribution is -2.15. The van der Waals surface area contributed by atoms with Gasteiger partial charge < -0.3 is 4.57 Å². The van der Waals surface area contributed by atoms with Crippen molar-refractivity contribution in [3.05, 3.63) is 163 Å². The lowest BCUT2D eigenvalue weighted by atomic mass is 9.81. The van der Waals surface area contributed by atoms with Crippen LogP contribution in [0.15, 0.2) is 152 Å². The van der Waals surface area contributed by atoms with Crippen LogP contribution in [0.1, 0.15) is 25.0 Å². The van der Waals surface area contributed by atoms with Crippen LogP contribution in [0.5, 0.6) is 0 Å². The minimum atomic E-state index is -0.0433. The Kier molecular flexibility index (Phi) is 5.39. The van der Waals surface area contributed by atoms with Crippen molar-refractivity contribution in [3.8, 4) is 34.4 Å². The number of benzene rings is 9. The van der Waals surface area contributed by atoms with E-state index in [1.807, 2.05) is 36.4 Å². The van der Waals surface area contributed by atoms with E-state index >= 15 is 0 Å². The van der Waals surface area contributed by atoms with Gasteiger partial charge in [0.05, 0.1) is 22.1 Å². The molecular weight excluding hydrogens is 671 g/mol. The van der Waals surface area contributed by atoms with Crippen LogP contribution in [0.4, 0.5) is 0 Å². The number of nitrogens with zero attached hydrogens (tertiary/aromatic N) is 5. The molecule has 0 N–H and O–H groups in total. The first-order chi connectivity index (χ1) is 27.0. The number of fused-ring (bicyclic) bond motifs is 3. The van der Waals surface area contributed by atoms with E-state index in [0.717, 1.165) is 38.6 Å². The third kappa shape index (κ3) is 3.65. The zero-order valence-electron chi connectivity index (χ0n) is 30.2. The standard InChI is InChI=1S/C50H31N5/c1-50(2)35-22-17-28-19-24-39-45-41(28)43(35)44-36(50)23-18-29-20-25-40(46(45)42(29)44)54(39)32-21-26-38-34(27-32)33-15-9-10-16-37(33)55(38)49-52-47(30-11-5-3-6-12-30)51-48(53-49)31-13-7-4-8-14-31/h3-27H,1-2H3. The maximum atomic E-state index is 5.15.